The molecule has 8 heteroatoms. The molecule has 0 saturated carbocycles. The summed E-state index contributed by atoms with van der Waals surface area (Å²) >= 11 is 6.26. The Kier molecular flexibility index (Phi) is 6.26. The number of nitrogens with zero attached hydrogens (tertiary/aromatic N) is 3. The maximum atomic E-state index is 12.1. The van der Waals surface area contributed by atoms with E-state index >= 15 is 0 Å². The molecule has 1 aliphatic heterocycles. The van der Waals surface area contributed by atoms with Crippen LogP contribution in [-0.4, -0.2) is 48.5 Å². The normalized spacial score (nSPS) is 14.8. The monoisotopic (exact) mass is 388 g/mol. The fourth-order valence-corrected chi connectivity index (χ4v) is 3.33. The zero-order chi connectivity index (χ0) is 19.2. The highest BCUT2D eigenvalue weighted by Gasteiger charge is 2.19. The molecular formula is C19H21ClN4O3. The van der Waals surface area contributed by atoms with Crippen LogP contribution in [0.5, 0.6) is 0 Å². The molecule has 2 aromatic rings. The number of amides is 1. The number of nitrogens with one attached hydrogen (secondary N) is 1. The van der Waals surface area contributed by atoms with Crippen LogP contribution in [0.4, 0.5) is 17.1 Å². The van der Waals surface area contributed by atoms with Gasteiger partial charge in [0.15, 0.2) is 0 Å². The van der Waals surface area contributed by atoms with Crippen molar-refractivity contribution in [3.63, 3.8) is 0 Å². The van der Waals surface area contributed by atoms with Gasteiger partial charge in [0.05, 0.1) is 15.6 Å². The minimum atomic E-state index is -0.464. The number of nitro groups is 1. The van der Waals surface area contributed by atoms with Crippen LogP contribution < -0.4 is 10.2 Å². The Morgan fingerprint density at radius 3 is 2.37 bits per heavy atom. The molecular weight excluding hydrogens is 368 g/mol. The number of anilines is 2. The average Bonchev–Trinajstić information content (AvgIpc) is 2.68. The van der Waals surface area contributed by atoms with Crippen molar-refractivity contribution >= 4 is 34.6 Å². The number of nitro benzene ring substituents is 1. The van der Waals surface area contributed by atoms with Gasteiger partial charge in [-0.15, -0.1) is 0 Å². The van der Waals surface area contributed by atoms with E-state index in [9.17, 15) is 14.9 Å². The minimum absolute atomic E-state index is 0.00406. The van der Waals surface area contributed by atoms with Crippen LogP contribution in [0.25, 0.3) is 0 Å². The smallest absolute Gasteiger partial charge is 0.269 e. The summed E-state index contributed by atoms with van der Waals surface area (Å²) in [5, 5.41) is 14.2. The summed E-state index contributed by atoms with van der Waals surface area (Å²) in [6, 6.07) is 13.7. The molecule has 1 saturated heterocycles. The lowest BCUT2D eigenvalue weighted by molar-refractivity contribution is -0.384. The van der Waals surface area contributed by atoms with Crippen molar-refractivity contribution in [1.29, 1.82) is 0 Å². The number of hydrogen-bond acceptors (Lipinski definition) is 5. The first kappa shape index (κ1) is 19.1. The van der Waals surface area contributed by atoms with Gasteiger partial charge in [-0.3, -0.25) is 19.8 Å². The molecule has 7 nitrogen and oxygen atoms in total. The van der Waals surface area contributed by atoms with E-state index < -0.39 is 4.92 Å². The quantitative estimate of drug-likeness (QED) is 0.606. The van der Waals surface area contributed by atoms with Gasteiger partial charge in [-0.1, -0.05) is 23.7 Å². The summed E-state index contributed by atoms with van der Waals surface area (Å²) in [5.41, 5.74) is 1.62. The largest absolute Gasteiger partial charge is 0.368 e. The standard InChI is InChI=1S/C19H21ClN4O3/c20-17-3-1-2-4-18(17)23-13-11-22(12-14-23)10-9-19(25)21-15-5-7-16(8-6-15)24(26)27/h1-8H,9-14H2,(H,21,25). The van der Waals surface area contributed by atoms with E-state index in [4.69, 9.17) is 11.6 Å². The highest BCUT2D eigenvalue weighted by Crippen LogP contribution is 2.26. The minimum Gasteiger partial charge on any atom is -0.368 e. The van der Waals surface area contributed by atoms with Crippen LogP contribution in [-0.2, 0) is 4.79 Å². The van der Waals surface area contributed by atoms with Gasteiger partial charge in [0, 0.05) is 57.0 Å². The lowest BCUT2D eigenvalue weighted by Crippen LogP contribution is -2.47. The lowest BCUT2D eigenvalue weighted by Gasteiger charge is -2.36. The number of carbonyl (C=O) groups is 1. The van der Waals surface area contributed by atoms with E-state index in [1.807, 2.05) is 24.3 Å². The van der Waals surface area contributed by atoms with Crippen molar-refractivity contribution in [2.75, 3.05) is 42.9 Å². The van der Waals surface area contributed by atoms with Gasteiger partial charge in [-0.2, -0.15) is 0 Å². The average molecular weight is 389 g/mol. The third-order valence-corrected chi connectivity index (χ3v) is 4.90. The number of piperazine rings is 1. The van der Waals surface area contributed by atoms with Crippen LogP contribution >= 0.6 is 11.6 Å². The molecule has 0 aliphatic carbocycles. The number of halogens is 1. The molecule has 0 atom stereocenters. The Morgan fingerprint density at radius 1 is 1.07 bits per heavy atom. The first-order valence-corrected chi connectivity index (χ1v) is 9.17. The maximum absolute atomic E-state index is 12.1. The first-order chi connectivity index (χ1) is 13.0. The Hall–Kier alpha value is -2.64. The fraction of sp³-hybridized carbons (Fsp3) is 0.316. The molecule has 3 rings (SSSR count). The van der Waals surface area contributed by atoms with Crippen LogP contribution in [0.1, 0.15) is 6.42 Å². The second kappa shape index (κ2) is 8.83. The molecule has 1 heterocycles. The molecule has 0 spiro atoms. The summed E-state index contributed by atoms with van der Waals surface area (Å²) in [6.45, 7) is 4.16. The summed E-state index contributed by atoms with van der Waals surface area (Å²) < 4.78 is 0. The molecule has 1 aliphatic rings. The summed E-state index contributed by atoms with van der Waals surface area (Å²) in [5.74, 6) is -0.0996. The molecule has 1 N–H and O–H groups in total. The summed E-state index contributed by atoms with van der Waals surface area (Å²) in [6.07, 6.45) is 0.378. The number of rotatable bonds is 6. The van der Waals surface area contributed by atoms with Gasteiger partial charge in [-0.05, 0) is 24.3 Å². The van der Waals surface area contributed by atoms with E-state index in [0.717, 1.165) is 36.9 Å². The van der Waals surface area contributed by atoms with Crippen LogP contribution in [0.15, 0.2) is 48.5 Å². The second-order valence-electron chi connectivity index (χ2n) is 6.38. The van der Waals surface area contributed by atoms with E-state index in [1.54, 1.807) is 12.1 Å². The molecule has 2 aromatic carbocycles. The lowest BCUT2D eigenvalue weighted by atomic mass is 10.2. The number of para-hydroxylation sites is 1. The predicted octanol–water partition coefficient (Wildman–Crippen LogP) is 3.40. The SMILES string of the molecule is O=C(CCN1CCN(c2ccccc2Cl)CC1)Nc1ccc([N+](=O)[O-])cc1. The highest BCUT2D eigenvalue weighted by molar-refractivity contribution is 6.33. The topological polar surface area (TPSA) is 78.7 Å². The number of hydrogen-bond donors (Lipinski definition) is 1. The van der Waals surface area contributed by atoms with E-state index in [0.29, 0.717) is 18.7 Å². The Morgan fingerprint density at radius 2 is 1.74 bits per heavy atom. The van der Waals surface area contributed by atoms with Crippen molar-refractivity contribution in [3.8, 4) is 0 Å². The van der Waals surface area contributed by atoms with Gasteiger partial charge in [0.1, 0.15) is 0 Å². The zero-order valence-corrected chi connectivity index (χ0v) is 15.6. The van der Waals surface area contributed by atoms with Gasteiger partial charge in [0.25, 0.3) is 5.69 Å². The maximum Gasteiger partial charge on any atom is 0.269 e. The molecule has 1 amide bonds. The second-order valence-corrected chi connectivity index (χ2v) is 6.79. The molecule has 0 aromatic heterocycles. The van der Waals surface area contributed by atoms with Gasteiger partial charge >= 0.3 is 0 Å². The van der Waals surface area contributed by atoms with Crippen LogP contribution in [0.3, 0.4) is 0 Å². The van der Waals surface area contributed by atoms with Crippen molar-refractivity contribution in [2.45, 2.75) is 6.42 Å². The molecule has 0 radical (unpaired) electrons. The number of carbonyl (C=O) groups excluding carboxylic acids is 1. The molecule has 142 valence electrons. The summed E-state index contributed by atoms with van der Waals surface area (Å²) in [4.78, 5) is 26.8. The van der Waals surface area contributed by atoms with E-state index in [2.05, 4.69) is 15.1 Å². The fourth-order valence-electron chi connectivity index (χ4n) is 3.07. The third kappa shape index (κ3) is 5.18. The zero-order valence-electron chi connectivity index (χ0n) is 14.8. The van der Waals surface area contributed by atoms with Crippen molar-refractivity contribution in [2.24, 2.45) is 0 Å². The van der Waals surface area contributed by atoms with Gasteiger partial charge in [-0.25, -0.2) is 0 Å². The van der Waals surface area contributed by atoms with Crippen LogP contribution in [0, 0.1) is 10.1 Å². The van der Waals surface area contributed by atoms with Gasteiger partial charge in [0.2, 0.25) is 5.91 Å². The van der Waals surface area contributed by atoms with Crippen molar-refractivity contribution in [3.05, 3.63) is 63.7 Å². The number of benzene rings is 2. The Balaban J connectivity index is 1.42. The van der Waals surface area contributed by atoms with E-state index in [1.165, 1.54) is 12.1 Å². The van der Waals surface area contributed by atoms with E-state index in [-0.39, 0.29) is 11.6 Å². The predicted molar refractivity (Wildman–Crippen MR) is 106 cm³/mol. The molecule has 0 unspecified atom stereocenters. The highest BCUT2D eigenvalue weighted by atomic mass is 35.5. The van der Waals surface area contributed by atoms with Gasteiger partial charge < -0.3 is 10.2 Å². The number of non-ortho nitro benzene ring substituents is 1. The Bertz CT molecular complexity index is 805. The summed E-state index contributed by atoms with van der Waals surface area (Å²) in [7, 11) is 0. The Labute approximate surface area is 162 Å². The first-order valence-electron chi connectivity index (χ1n) is 8.79. The molecule has 1 fully saturated rings. The molecule has 0 bridgehead atoms. The molecule has 27 heavy (non-hydrogen) atoms. The van der Waals surface area contributed by atoms with Crippen molar-refractivity contribution in [1.82, 2.24) is 4.90 Å². The van der Waals surface area contributed by atoms with Crippen LogP contribution in [0.2, 0.25) is 5.02 Å². The van der Waals surface area contributed by atoms with Crippen molar-refractivity contribution < 1.29 is 9.72 Å². The third-order valence-electron chi connectivity index (χ3n) is 4.58.